The van der Waals surface area contributed by atoms with Crippen molar-refractivity contribution in [3.63, 3.8) is 0 Å². The lowest BCUT2D eigenvalue weighted by Crippen LogP contribution is -2.28. The van der Waals surface area contributed by atoms with Crippen molar-refractivity contribution in [2.24, 2.45) is 0 Å². The van der Waals surface area contributed by atoms with Crippen LogP contribution in [0.25, 0.3) is 5.57 Å². The van der Waals surface area contributed by atoms with Crippen LogP contribution in [0.2, 0.25) is 0 Å². The minimum Gasteiger partial charge on any atom is -0.382 e. The first kappa shape index (κ1) is 20.2. The zero-order valence-electron chi connectivity index (χ0n) is 15.8. The minimum atomic E-state index is -4.57. The molecular weight excluding hydrogens is 402 g/mol. The highest BCUT2D eigenvalue weighted by Gasteiger charge is 2.34. The second-order valence-electron chi connectivity index (χ2n) is 7.11. The van der Waals surface area contributed by atoms with E-state index in [0.717, 1.165) is 6.07 Å². The maximum Gasteiger partial charge on any atom is 0.418 e. The van der Waals surface area contributed by atoms with Crippen molar-refractivity contribution in [3.05, 3.63) is 59.5 Å². The van der Waals surface area contributed by atoms with E-state index in [1.54, 1.807) is 6.07 Å². The Bertz CT molecular complexity index is 998. The summed E-state index contributed by atoms with van der Waals surface area (Å²) in [5, 5.41) is 8.17. The van der Waals surface area contributed by atoms with Crippen molar-refractivity contribution < 1.29 is 27.1 Å². The lowest BCUT2D eigenvalue weighted by atomic mass is 10.1. The Morgan fingerprint density at radius 3 is 2.63 bits per heavy atom. The second kappa shape index (κ2) is 7.98. The van der Waals surface area contributed by atoms with E-state index in [9.17, 15) is 22.4 Å². The summed E-state index contributed by atoms with van der Waals surface area (Å²) in [6, 6.07) is 7.92. The van der Waals surface area contributed by atoms with Crippen molar-refractivity contribution in [2.45, 2.75) is 25.1 Å². The highest BCUT2D eigenvalue weighted by molar-refractivity contribution is 6.31. The number of anilines is 3. The van der Waals surface area contributed by atoms with Crippen molar-refractivity contribution in [2.75, 3.05) is 29.2 Å². The molecule has 2 heterocycles. The van der Waals surface area contributed by atoms with Gasteiger partial charge in [-0.1, -0.05) is 6.07 Å². The van der Waals surface area contributed by atoms with Crippen LogP contribution in [0.5, 0.6) is 0 Å². The Hall–Kier alpha value is -3.07. The molecule has 2 aromatic carbocycles. The number of hydrogen-bond donors (Lipinski definition) is 3. The molecule has 1 amide bonds. The van der Waals surface area contributed by atoms with Crippen LogP contribution in [-0.2, 0) is 15.7 Å². The van der Waals surface area contributed by atoms with Gasteiger partial charge >= 0.3 is 6.18 Å². The lowest BCUT2D eigenvalue weighted by Gasteiger charge is -2.26. The van der Waals surface area contributed by atoms with E-state index in [1.807, 2.05) is 0 Å². The molecule has 3 N–H and O–H groups in total. The first-order valence-corrected chi connectivity index (χ1v) is 9.45. The maximum atomic E-state index is 14.1. The van der Waals surface area contributed by atoms with E-state index in [0.29, 0.717) is 31.7 Å². The van der Waals surface area contributed by atoms with Crippen LogP contribution < -0.4 is 16.0 Å². The van der Waals surface area contributed by atoms with Crippen LogP contribution in [0, 0.1) is 5.82 Å². The Morgan fingerprint density at radius 2 is 1.90 bits per heavy atom. The monoisotopic (exact) mass is 421 g/mol. The molecular formula is C21H19F4N3O2. The van der Waals surface area contributed by atoms with Gasteiger partial charge < -0.3 is 20.7 Å². The van der Waals surface area contributed by atoms with Gasteiger partial charge in [0.05, 0.1) is 16.8 Å². The van der Waals surface area contributed by atoms with Gasteiger partial charge in [-0.3, -0.25) is 4.79 Å². The summed E-state index contributed by atoms with van der Waals surface area (Å²) in [7, 11) is 0. The van der Waals surface area contributed by atoms with Gasteiger partial charge in [0.15, 0.2) is 0 Å². The summed E-state index contributed by atoms with van der Waals surface area (Å²) in [6.07, 6.45) is -2.10. The number of halogens is 4. The predicted molar refractivity (Wildman–Crippen MR) is 106 cm³/mol. The zero-order valence-corrected chi connectivity index (χ0v) is 15.8. The topological polar surface area (TPSA) is 62.4 Å². The van der Waals surface area contributed by atoms with Gasteiger partial charge in [0.2, 0.25) is 0 Å². The van der Waals surface area contributed by atoms with Crippen LogP contribution in [0.1, 0.15) is 24.0 Å². The van der Waals surface area contributed by atoms with E-state index >= 15 is 0 Å². The van der Waals surface area contributed by atoms with Gasteiger partial charge in [-0.2, -0.15) is 13.2 Å². The number of alkyl halides is 3. The Morgan fingerprint density at radius 1 is 1.13 bits per heavy atom. The molecule has 1 saturated heterocycles. The number of carbonyl (C=O) groups excluding carboxylic acids is 1. The minimum absolute atomic E-state index is 0.0115. The highest BCUT2D eigenvalue weighted by atomic mass is 19.4. The fraction of sp³-hybridized carbons (Fsp3) is 0.286. The predicted octanol–water partition coefficient (Wildman–Crippen LogP) is 4.84. The van der Waals surface area contributed by atoms with Gasteiger partial charge in [0, 0.05) is 42.4 Å². The summed E-state index contributed by atoms with van der Waals surface area (Å²) >= 11 is 0. The Balaban J connectivity index is 1.60. The molecule has 0 unspecified atom stereocenters. The first-order chi connectivity index (χ1) is 14.3. The molecule has 2 aliphatic rings. The van der Waals surface area contributed by atoms with Crippen molar-refractivity contribution in [1.29, 1.82) is 0 Å². The molecule has 2 aliphatic heterocycles. The number of nitrogens with one attached hydrogen (secondary N) is 3. The number of ether oxygens (including phenoxy) is 1. The third-order valence-corrected chi connectivity index (χ3v) is 5.06. The fourth-order valence-corrected chi connectivity index (χ4v) is 3.55. The molecule has 9 heteroatoms. The third kappa shape index (κ3) is 4.11. The fourth-order valence-electron chi connectivity index (χ4n) is 3.55. The summed E-state index contributed by atoms with van der Waals surface area (Å²) < 4.78 is 60.2. The molecule has 0 radical (unpaired) electrons. The molecule has 0 saturated carbocycles. The van der Waals surface area contributed by atoms with E-state index in [2.05, 4.69) is 16.0 Å². The van der Waals surface area contributed by atoms with Crippen LogP contribution in [0.3, 0.4) is 0 Å². The van der Waals surface area contributed by atoms with Crippen LogP contribution in [0.4, 0.5) is 34.6 Å². The molecule has 5 nitrogen and oxygen atoms in total. The molecule has 0 aliphatic carbocycles. The van der Waals surface area contributed by atoms with E-state index in [4.69, 9.17) is 4.74 Å². The third-order valence-electron chi connectivity index (χ3n) is 5.06. The van der Waals surface area contributed by atoms with Gasteiger partial charge in [0.25, 0.3) is 5.91 Å². The normalized spacial score (nSPS) is 18.3. The average Bonchev–Trinajstić information content (AvgIpc) is 3.03. The first-order valence-electron chi connectivity index (χ1n) is 9.45. The van der Waals surface area contributed by atoms with Crippen LogP contribution in [-0.4, -0.2) is 25.2 Å². The smallest absolute Gasteiger partial charge is 0.382 e. The van der Waals surface area contributed by atoms with Gasteiger partial charge in [-0.05, 0) is 43.2 Å². The number of amides is 1. The zero-order chi connectivity index (χ0) is 21.3. The molecule has 0 aromatic heterocycles. The Labute approximate surface area is 170 Å². The molecule has 4 rings (SSSR count). The van der Waals surface area contributed by atoms with Crippen molar-refractivity contribution >= 4 is 28.5 Å². The molecule has 2 aromatic rings. The molecule has 0 spiro atoms. The molecule has 30 heavy (non-hydrogen) atoms. The molecule has 0 bridgehead atoms. The SMILES string of the molecule is O=C1Nc2cccc(F)c2C1=CNc1ccc(NC2CCOCC2)c(C(F)(F)F)c1. The quantitative estimate of drug-likeness (QED) is 0.488. The van der Waals surface area contributed by atoms with Gasteiger partial charge in [-0.25, -0.2) is 4.39 Å². The van der Waals surface area contributed by atoms with Gasteiger partial charge in [-0.15, -0.1) is 0 Å². The number of hydrogen-bond acceptors (Lipinski definition) is 4. The van der Waals surface area contributed by atoms with Gasteiger partial charge in [0.1, 0.15) is 5.82 Å². The van der Waals surface area contributed by atoms with E-state index < -0.39 is 23.5 Å². The van der Waals surface area contributed by atoms with Crippen LogP contribution in [0.15, 0.2) is 42.6 Å². The summed E-state index contributed by atoms with van der Waals surface area (Å²) in [4.78, 5) is 12.1. The summed E-state index contributed by atoms with van der Waals surface area (Å²) in [5.41, 5.74) is -0.280. The number of carbonyl (C=O) groups is 1. The molecule has 158 valence electrons. The lowest BCUT2D eigenvalue weighted by molar-refractivity contribution is -0.137. The van der Waals surface area contributed by atoms with Crippen molar-refractivity contribution in [3.8, 4) is 0 Å². The standard InChI is InChI=1S/C21H19F4N3O2/c22-16-2-1-3-18-19(16)14(20(29)28-18)11-26-13-4-5-17(15(10-13)21(23,24)25)27-12-6-8-30-9-7-12/h1-5,10-12,26-27H,6-9H2,(H,28,29). The largest absolute Gasteiger partial charge is 0.418 e. The van der Waals surface area contributed by atoms with E-state index in [1.165, 1.54) is 30.5 Å². The molecule has 0 atom stereocenters. The average molecular weight is 421 g/mol. The second-order valence-corrected chi connectivity index (χ2v) is 7.11. The highest BCUT2D eigenvalue weighted by Crippen LogP contribution is 2.38. The molecule has 1 fully saturated rings. The summed E-state index contributed by atoms with van der Waals surface area (Å²) in [5.74, 6) is -1.12. The maximum absolute atomic E-state index is 14.1. The van der Waals surface area contributed by atoms with E-state index in [-0.39, 0.29) is 28.6 Å². The number of rotatable bonds is 4. The summed E-state index contributed by atoms with van der Waals surface area (Å²) in [6.45, 7) is 1.01. The number of fused-ring (bicyclic) bond motifs is 1. The van der Waals surface area contributed by atoms with Crippen molar-refractivity contribution in [1.82, 2.24) is 0 Å². The number of benzene rings is 2. The van der Waals surface area contributed by atoms with Crippen LogP contribution >= 0.6 is 0 Å². The Kier molecular flexibility index (Phi) is 5.38.